The van der Waals surface area contributed by atoms with Crippen LogP contribution in [0.25, 0.3) is 0 Å². The van der Waals surface area contributed by atoms with Gasteiger partial charge >= 0.3 is 0 Å². The Morgan fingerprint density at radius 2 is 2.04 bits per heavy atom. The second-order valence-electron chi connectivity index (χ2n) is 6.76. The first-order valence-electron chi connectivity index (χ1n) is 9.57. The molecule has 1 aromatic carbocycles. The van der Waals surface area contributed by atoms with Gasteiger partial charge in [0.2, 0.25) is 0 Å². The molecule has 0 aromatic heterocycles. The molecule has 0 radical (unpaired) electrons. The lowest BCUT2D eigenvalue weighted by molar-refractivity contribution is 0.206. The maximum absolute atomic E-state index is 5.41. The topological polar surface area (TPSA) is 48.9 Å². The lowest BCUT2D eigenvalue weighted by atomic mass is 10.1. The second kappa shape index (κ2) is 10.3. The zero-order valence-electron chi connectivity index (χ0n) is 16.3. The Hall–Kier alpha value is -1.75. The molecule has 2 rings (SSSR count). The van der Waals surface area contributed by atoms with Crippen molar-refractivity contribution in [2.45, 2.75) is 52.6 Å². The van der Waals surface area contributed by atoms with E-state index in [2.05, 4.69) is 54.5 Å². The van der Waals surface area contributed by atoms with Gasteiger partial charge in [0, 0.05) is 25.7 Å². The molecular formula is C20H34N4O. The molecule has 1 heterocycles. The standard InChI is InChI=1S/C20H34N4O/c1-5-11-24-12-9-18(10-13-24)23-20(21-6-2)22-15-17-8-7-16(3)19(14-17)25-4/h7-8,14,18H,5-6,9-13,15H2,1-4H3,(H2,21,22,23). The van der Waals surface area contributed by atoms with Crippen LogP contribution in [0.2, 0.25) is 0 Å². The van der Waals surface area contributed by atoms with E-state index >= 15 is 0 Å². The van der Waals surface area contributed by atoms with Crippen LogP contribution in [0.4, 0.5) is 0 Å². The minimum atomic E-state index is 0.512. The molecule has 0 spiro atoms. The van der Waals surface area contributed by atoms with Gasteiger partial charge in [0.25, 0.3) is 0 Å². The Bertz CT molecular complexity index is 551. The molecule has 5 heteroatoms. The van der Waals surface area contributed by atoms with E-state index in [1.54, 1.807) is 7.11 Å². The highest BCUT2D eigenvalue weighted by atomic mass is 16.5. The van der Waals surface area contributed by atoms with Crippen LogP contribution >= 0.6 is 0 Å². The fraction of sp³-hybridized carbons (Fsp3) is 0.650. The summed E-state index contributed by atoms with van der Waals surface area (Å²) in [5, 5.41) is 6.98. The van der Waals surface area contributed by atoms with Gasteiger partial charge in [0.15, 0.2) is 5.96 Å². The number of nitrogens with one attached hydrogen (secondary N) is 2. The Morgan fingerprint density at radius 3 is 2.68 bits per heavy atom. The summed E-state index contributed by atoms with van der Waals surface area (Å²) in [5.74, 6) is 1.84. The molecule has 0 amide bonds. The zero-order valence-corrected chi connectivity index (χ0v) is 16.3. The van der Waals surface area contributed by atoms with Crippen LogP contribution in [-0.4, -0.2) is 50.2 Å². The predicted octanol–water partition coefficient (Wildman–Crippen LogP) is 2.93. The van der Waals surface area contributed by atoms with Gasteiger partial charge in [0.1, 0.15) is 5.75 Å². The van der Waals surface area contributed by atoms with E-state index in [1.807, 2.05) is 0 Å². The molecule has 0 saturated carbocycles. The molecule has 0 unspecified atom stereocenters. The molecule has 0 bridgehead atoms. The number of guanidine groups is 1. The Balaban J connectivity index is 1.92. The fourth-order valence-corrected chi connectivity index (χ4v) is 3.26. The number of benzene rings is 1. The smallest absolute Gasteiger partial charge is 0.191 e. The summed E-state index contributed by atoms with van der Waals surface area (Å²) in [6.07, 6.45) is 3.60. The molecule has 5 nitrogen and oxygen atoms in total. The van der Waals surface area contributed by atoms with E-state index in [9.17, 15) is 0 Å². The van der Waals surface area contributed by atoms with Crippen molar-refractivity contribution in [3.05, 3.63) is 29.3 Å². The zero-order chi connectivity index (χ0) is 18.1. The Labute approximate surface area is 152 Å². The number of ether oxygens (including phenoxy) is 1. The number of aliphatic imine (C=N–C) groups is 1. The largest absolute Gasteiger partial charge is 0.496 e. The number of nitrogens with zero attached hydrogens (tertiary/aromatic N) is 2. The molecule has 2 N–H and O–H groups in total. The van der Waals surface area contributed by atoms with Crippen molar-refractivity contribution in [1.82, 2.24) is 15.5 Å². The van der Waals surface area contributed by atoms with E-state index in [4.69, 9.17) is 9.73 Å². The molecular weight excluding hydrogens is 312 g/mol. The maximum Gasteiger partial charge on any atom is 0.191 e. The quantitative estimate of drug-likeness (QED) is 0.589. The number of hydrogen-bond donors (Lipinski definition) is 2. The van der Waals surface area contributed by atoms with E-state index in [0.717, 1.165) is 29.4 Å². The van der Waals surface area contributed by atoms with Crippen molar-refractivity contribution in [2.24, 2.45) is 4.99 Å². The monoisotopic (exact) mass is 346 g/mol. The normalized spacial score (nSPS) is 16.7. The van der Waals surface area contributed by atoms with Crippen molar-refractivity contribution < 1.29 is 4.74 Å². The van der Waals surface area contributed by atoms with Gasteiger partial charge in [-0.25, -0.2) is 4.99 Å². The van der Waals surface area contributed by atoms with Crippen LogP contribution in [0.15, 0.2) is 23.2 Å². The summed E-state index contributed by atoms with van der Waals surface area (Å²) in [6, 6.07) is 6.80. The SMILES string of the molecule is CCCN1CCC(NC(=NCc2ccc(C)c(OC)c2)NCC)CC1. The number of methoxy groups -OCH3 is 1. The summed E-state index contributed by atoms with van der Waals surface area (Å²) >= 11 is 0. The van der Waals surface area contributed by atoms with Crippen molar-refractivity contribution in [3.8, 4) is 5.75 Å². The number of aryl methyl sites for hydroxylation is 1. The van der Waals surface area contributed by atoms with Gasteiger partial charge in [-0.1, -0.05) is 19.1 Å². The molecule has 0 aliphatic carbocycles. The fourth-order valence-electron chi connectivity index (χ4n) is 3.26. The number of piperidine rings is 1. The van der Waals surface area contributed by atoms with Gasteiger partial charge in [-0.05, 0) is 56.8 Å². The van der Waals surface area contributed by atoms with Crippen LogP contribution < -0.4 is 15.4 Å². The average molecular weight is 347 g/mol. The van der Waals surface area contributed by atoms with Crippen LogP contribution in [0.1, 0.15) is 44.2 Å². The summed E-state index contributed by atoms with van der Waals surface area (Å²) in [6.45, 7) is 11.5. The van der Waals surface area contributed by atoms with Crippen molar-refractivity contribution in [2.75, 3.05) is 33.3 Å². The van der Waals surface area contributed by atoms with Gasteiger partial charge in [-0.3, -0.25) is 0 Å². The van der Waals surface area contributed by atoms with Crippen LogP contribution in [0.3, 0.4) is 0 Å². The van der Waals surface area contributed by atoms with E-state index < -0.39 is 0 Å². The summed E-state index contributed by atoms with van der Waals surface area (Å²) in [5.41, 5.74) is 2.32. The lowest BCUT2D eigenvalue weighted by Crippen LogP contribution is -2.48. The van der Waals surface area contributed by atoms with Gasteiger partial charge in [-0.2, -0.15) is 0 Å². The minimum Gasteiger partial charge on any atom is -0.496 e. The highest BCUT2D eigenvalue weighted by molar-refractivity contribution is 5.80. The summed E-state index contributed by atoms with van der Waals surface area (Å²) < 4.78 is 5.41. The Morgan fingerprint density at radius 1 is 1.28 bits per heavy atom. The highest BCUT2D eigenvalue weighted by Crippen LogP contribution is 2.19. The first-order valence-corrected chi connectivity index (χ1v) is 9.57. The Kier molecular flexibility index (Phi) is 8.06. The molecule has 1 aliphatic rings. The molecule has 1 saturated heterocycles. The first kappa shape index (κ1) is 19.6. The molecule has 140 valence electrons. The minimum absolute atomic E-state index is 0.512. The third-order valence-corrected chi connectivity index (χ3v) is 4.70. The number of rotatable bonds is 7. The van der Waals surface area contributed by atoms with E-state index in [0.29, 0.717) is 12.6 Å². The van der Waals surface area contributed by atoms with Crippen molar-refractivity contribution in [1.29, 1.82) is 0 Å². The average Bonchev–Trinajstić information content (AvgIpc) is 2.63. The molecule has 1 aliphatic heterocycles. The van der Waals surface area contributed by atoms with Crippen LogP contribution in [0, 0.1) is 6.92 Å². The third-order valence-electron chi connectivity index (χ3n) is 4.70. The molecule has 25 heavy (non-hydrogen) atoms. The number of likely N-dealkylation sites (tertiary alicyclic amines) is 1. The predicted molar refractivity (Wildman–Crippen MR) is 105 cm³/mol. The summed E-state index contributed by atoms with van der Waals surface area (Å²) in [4.78, 5) is 7.32. The van der Waals surface area contributed by atoms with Gasteiger partial charge < -0.3 is 20.3 Å². The summed E-state index contributed by atoms with van der Waals surface area (Å²) in [7, 11) is 1.71. The molecule has 0 atom stereocenters. The first-order chi connectivity index (χ1) is 12.2. The second-order valence-corrected chi connectivity index (χ2v) is 6.76. The third kappa shape index (κ3) is 6.24. The van der Waals surface area contributed by atoms with Crippen molar-refractivity contribution in [3.63, 3.8) is 0 Å². The van der Waals surface area contributed by atoms with E-state index in [1.165, 1.54) is 38.9 Å². The highest BCUT2D eigenvalue weighted by Gasteiger charge is 2.19. The van der Waals surface area contributed by atoms with Crippen LogP contribution in [-0.2, 0) is 6.54 Å². The van der Waals surface area contributed by atoms with Gasteiger partial charge in [-0.15, -0.1) is 0 Å². The van der Waals surface area contributed by atoms with Crippen molar-refractivity contribution >= 4 is 5.96 Å². The molecule has 1 fully saturated rings. The van der Waals surface area contributed by atoms with E-state index in [-0.39, 0.29) is 0 Å². The lowest BCUT2D eigenvalue weighted by Gasteiger charge is -2.32. The number of hydrogen-bond acceptors (Lipinski definition) is 3. The molecule has 1 aromatic rings. The van der Waals surface area contributed by atoms with Gasteiger partial charge in [0.05, 0.1) is 13.7 Å². The van der Waals surface area contributed by atoms with Crippen LogP contribution in [0.5, 0.6) is 5.75 Å². The maximum atomic E-state index is 5.41.